The van der Waals surface area contributed by atoms with Crippen molar-refractivity contribution in [2.24, 2.45) is 0 Å². The number of amides is 2. The molecule has 1 aliphatic rings. The Morgan fingerprint density at radius 3 is 2.50 bits per heavy atom. The summed E-state index contributed by atoms with van der Waals surface area (Å²) < 4.78 is 11.0. The average Bonchev–Trinajstić information content (AvgIpc) is 2.70. The lowest BCUT2D eigenvalue weighted by molar-refractivity contribution is -0.140. The van der Waals surface area contributed by atoms with Crippen molar-refractivity contribution in [3.8, 4) is 5.75 Å². The Bertz CT molecular complexity index is 898. The van der Waals surface area contributed by atoms with Gasteiger partial charge < -0.3 is 19.7 Å². The molecular formula is C21H21ClN2O4. The predicted molar refractivity (Wildman–Crippen MR) is 106 cm³/mol. The highest BCUT2D eigenvalue weighted by molar-refractivity contribution is 6.31. The van der Waals surface area contributed by atoms with Gasteiger partial charge in [-0.3, -0.25) is 0 Å². The molecule has 3 rings (SSSR count). The Hall–Kier alpha value is -2.99. The highest BCUT2D eigenvalue weighted by atomic mass is 35.5. The SMILES string of the molecule is CC1=C(C(=O)OCCOc2ccccc2)C(c2ccccc2Cl)NC(=O)N1C. The molecule has 0 aromatic heterocycles. The minimum atomic E-state index is -0.681. The molecule has 0 fully saturated rings. The first kappa shape index (κ1) is 19.8. The highest BCUT2D eigenvalue weighted by Crippen LogP contribution is 2.34. The van der Waals surface area contributed by atoms with E-state index in [9.17, 15) is 9.59 Å². The molecule has 0 saturated heterocycles. The van der Waals surface area contributed by atoms with E-state index in [-0.39, 0.29) is 19.2 Å². The molecule has 0 radical (unpaired) electrons. The van der Waals surface area contributed by atoms with Gasteiger partial charge in [0, 0.05) is 17.8 Å². The maximum Gasteiger partial charge on any atom is 0.338 e. The number of carbonyl (C=O) groups is 2. The zero-order valence-electron chi connectivity index (χ0n) is 15.6. The summed E-state index contributed by atoms with van der Waals surface area (Å²) in [5, 5.41) is 3.27. The van der Waals surface area contributed by atoms with Gasteiger partial charge in [0.25, 0.3) is 0 Å². The van der Waals surface area contributed by atoms with E-state index in [1.54, 1.807) is 38.2 Å². The fourth-order valence-corrected chi connectivity index (χ4v) is 3.18. The van der Waals surface area contributed by atoms with E-state index in [1.165, 1.54) is 4.90 Å². The van der Waals surface area contributed by atoms with Crippen LogP contribution in [0.2, 0.25) is 5.02 Å². The van der Waals surface area contributed by atoms with Gasteiger partial charge in [0.1, 0.15) is 19.0 Å². The van der Waals surface area contributed by atoms with Crippen molar-refractivity contribution in [2.45, 2.75) is 13.0 Å². The van der Waals surface area contributed by atoms with Crippen molar-refractivity contribution in [1.29, 1.82) is 0 Å². The first-order chi connectivity index (χ1) is 13.5. The second kappa shape index (κ2) is 8.80. The van der Waals surface area contributed by atoms with Crippen LogP contribution >= 0.6 is 11.6 Å². The van der Waals surface area contributed by atoms with E-state index in [1.807, 2.05) is 30.3 Å². The summed E-state index contributed by atoms with van der Waals surface area (Å²) >= 11 is 6.29. The Labute approximate surface area is 168 Å². The molecule has 2 aromatic carbocycles. The van der Waals surface area contributed by atoms with Crippen LogP contribution in [0.5, 0.6) is 5.75 Å². The number of ether oxygens (including phenoxy) is 2. The lowest BCUT2D eigenvalue weighted by Gasteiger charge is -2.33. The van der Waals surface area contributed by atoms with Crippen LogP contribution in [0.4, 0.5) is 4.79 Å². The lowest BCUT2D eigenvalue weighted by atomic mass is 9.95. The third-order valence-corrected chi connectivity index (χ3v) is 4.86. The molecule has 1 heterocycles. The summed E-state index contributed by atoms with van der Waals surface area (Å²) in [4.78, 5) is 26.4. The summed E-state index contributed by atoms with van der Waals surface area (Å²) in [5.74, 6) is 0.179. The molecule has 7 heteroatoms. The summed E-state index contributed by atoms with van der Waals surface area (Å²) in [6.07, 6.45) is 0. The number of hydrogen-bond donors (Lipinski definition) is 1. The van der Waals surface area contributed by atoms with Crippen molar-refractivity contribution in [3.05, 3.63) is 76.5 Å². The molecule has 2 amide bonds. The Kier molecular flexibility index (Phi) is 6.21. The number of benzene rings is 2. The molecule has 1 atom stereocenters. The number of halogens is 1. The molecule has 2 aromatic rings. The highest BCUT2D eigenvalue weighted by Gasteiger charge is 2.35. The van der Waals surface area contributed by atoms with E-state index in [4.69, 9.17) is 21.1 Å². The molecule has 0 aliphatic carbocycles. The van der Waals surface area contributed by atoms with Crippen LogP contribution in [0.15, 0.2) is 65.9 Å². The van der Waals surface area contributed by atoms with Crippen LogP contribution < -0.4 is 10.1 Å². The molecule has 28 heavy (non-hydrogen) atoms. The zero-order valence-corrected chi connectivity index (χ0v) is 16.4. The normalized spacial score (nSPS) is 16.6. The molecule has 1 unspecified atom stereocenters. The number of urea groups is 1. The Morgan fingerprint density at radius 1 is 1.11 bits per heavy atom. The van der Waals surface area contributed by atoms with Gasteiger partial charge in [-0.15, -0.1) is 0 Å². The molecular weight excluding hydrogens is 380 g/mol. The van der Waals surface area contributed by atoms with Crippen LogP contribution in [-0.4, -0.2) is 37.2 Å². The van der Waals surface area contributed by atoms with E-state index < -0.39 is 12.0 Å². The Balaban J connectivity index is 1.74. The zero-order chi connectivity index (χ0) is 20.1. The number of para-hydroxylation sites is 1. The predicted octanol–water partition coefficient (Wildman–Crippen LogP) is 3.93. The average molecular weight is 401 g/mol. The molecule has 0 saturated carbocycles. The molecule has 6 nitrogen and oxygen atoms in total. The quantitative estimate of drug-likeness (QED) is 0.589. The fraction of sp³-hybridized carbons (Fsp3) is 0.238. The monoisotopic (exact) mass is 400 g/mol. The summed E-state index contributed by atoms with van der Waals surface area (Å²) in [6.45, 7) is 2.01. The van der Waals surface area contributed by atoms with E-state index in [0.29, 0.717) is 27.6 Å². The minimum absolute atomic E-state index is 0.0808. The third kappa shape index (κ3) is 4.28. The molecule has 146 valence electrons. The number of nitrogens with zero attached hydrogens (tertiary/aromatic N) is 1. The molecule has 0 bridgehead atoms. The Morgan fingerprint density at radius 2 is 1.79 bits per heavy atom. The number of allylic oxidation sites excluding steroid dienone is 1. The fourth-order valence-electron chi connectivity index (χ4n) is 2.93. The van der Waals surface area contributed by atoms with Crippen molar-refractivity contribution >= 4 is 23.6 Å². The summed E-state index contributed by atoms with van der Waals surface area (Å²) in [6, 6.07) is 15.4. The third-order valence-electron chi connectivity index (χ3n) is 4.52. The van der Waals surface area contributed by atoms with Crippen LogP contribution in [0.1, 0.15) is 18.5 Å². The second-order valence-corrected chi connectivity index (χ2v) is 6.67. The maximum absolute atomic E-state index is 12.8. The van der Waals surface area contributed by atoms with E-state index >= 15 is 0 Å². The minimum Gasteiger partial charge on any atom is -0.490 e. The second-order valence-electron chi connectivity index (χ2n) is 6.26. The van der Waals surface area contributed by atoms with Crippen molar-refractivity contribution in [1.82, 2.24) is 10.2 Å². The van der Waals surface area contributed by atoms with Crippen molar-refractivity contribution in [3.63, 3.8) is 0 Å². The standard InChI is InChI=1S/C21H21ClN2O4/c1-14-18(20(25)28-13-12-27-15-8-4-3-5-9-15)19(23-21(26)24(14)2)16-10-6-7-11-17(16)22/h3-11,19H,12-13H2,1-2H3,(H,23,26). The van der Waals surface area contributed by atoms with Crippen molar-refractivity contribution < 1.29 is 19.1 Å². The van der Waals surface area contributed by atoms with E-state index in [2.05, 4.69) is 5.32 Å². The summed E-state index contributed by atoms with van der Waals surface area (Å²) in [7, 11) is 1.60. The van der Waals surface area contributed by atoms with Crippen LogP contribution in [0.25, 0.3) is 0 Å². The molecule has 1 N–H and O–H groups in total. The van der Waals surface area contributed by atoms with Gasteiger partial charge in [0.15, 0.2) is 0 Å². The number of hydrogen-bond acceptors (Lipinski definition) is 4. The van der Waals surface area contributed by atoms with Gasteiger partial charge in [-0.1, -0.05) is 48.0 Å². The van der Waals surface area contributed by atoms with E-state index in [0.717, 1.165) is 0 Å². The molecule has 0 spiro atoms. The summed E-state index contributed by atoms with van der Waals surface area (Å²) in [5.41, 5.74) is 1.50. The first-order valence-corrected chi connectivity index (χ1v) is 9.21. The van der Waals surface area contributed by atoms with Gasteiger partial charge in [-0.05, 0) is 30.7 Å². The number of carbonyl (C=O) groups excluding carboxylic acids is 2. The number of nitrogens with one attached hydrogen (secondary N) is 1. The molecule has 1 aliphatic heterocycles. The topological polar surface area (TPSA) is 67.9 Å². The van der Waals surface area contributed by atoms with Gasteiger partial charge in [0.2, 0.25) is 0 Å². The lowest BCUT2D eigenvalue weighted by Crippen LogP contribution is -2.46. The van der Waals surface area contributed by atoms with Crippen LogP contribution in [0.3, 0.4) is 0 Å². The number of esters is 1. The van der Waals surface area contributed by atoms with Crippen molar-refractivity contribution in [2.75, 3.05) is 20.3 Å². The first-order valence-electron chi connectivity index (χ1n) is 8.83. The van der Waals surface area contributed by atoms with Gasteiger partial charge in [0.05, 0.1) is 11.6 Å². The van der Waals surface area contributed by atoms with Gasteiger partial charge in [-0.2, -0.15) is 0 Å². The maximum atomic E-state index is 12.8. The smallest absolute Gasteiger partial charge is 0.338 e. The number of rotatable bonds is 6. The van der Waals surface area contributed by atoms with Crippen LogP contribution in [-0.2, 0) is 9.53 Å². The van der Waals surface area contributed by atoms with Gasteiger partial charge >= 0.3 is 12.0 Å². The van der Waals surface area contributed by atoms with Gasteiger partial charge in [-0.25, -0.2) is 9.59 Å². The van der Waals surface area contributed by atoms with Crippen LogP contribution in [0, 0.1) is 0 Å². The largest absolute Gasteiger partial charge is 0.490 e.